The van der Waals surface area contributed by atoms with Crippen molar-refractivity contribution in [1.29, 1.82) is 0 Å². The Bertz CT molecular complexity index is 11.6. The summed E-state index contributed by atoms with van der Waals surface area (Å²) in [6.45, 7) is 0. The van der Waals surface area contributed by atoms with Gasteiger partial charge in [0.15, 0.2) is 0 Å². The van der Waals surface area contributed by atoms with Gasteiger partial charge >= 0.3 is 0 Å². The zero-order chi connectivity index (χ0) is 0. The molecule has 0 heterocycles. The molecular weight excluding hydrogens is 191 g/mol. The minimum absolute atomic E-state index is 0. The molecule has 0 saturated carbocycles. The van der Waals surface area contributed by atoms with Gasteiger partial charge in [-0.05, 0) is 0 Å². The van der Waals surface area contributed by atoms with Crippen molar-refractivity contribution < 1.29 is 44.1 Å². The van der Waals surface area contributed by atoms with Gasteiger partial charge in [0.25, 0.3) is 0 Å². The van der Waals surface area contributed by atoms with Gasteiger partial charge in [0.05, 0.1) is 0 Å². The molecule has 0 aromatic heterocycles. The van der Waals surface area contributed by atoms with E-state index in [9.17, 15) is 0 Å². The Balaban J connectivity index is 0. The van der Waals surface area contributed by atoms with Crippen LogP contribution in [-0.4, -0.2) is 25.8 Å². The first-order valence-corrected chi connectivity index (χ1v) is 0. The summed E-state index contributed by atoms with van der Waals surface area (Å²) in [4.78, 5) is 0. The first kappa shape index (κ1) is 61.3. The molecule has 0 atom stereocenters. The van der Waals surface area contributed by atoms with Crippen LogP contribution in [-0.2, 0) is 44.1 Å². The van der Waals surface area contributed by atoms with E-state index in [4.69, 9.17) is 0 Å². The van der Waals surface area contributed by atoms with Gasteiger partial charge in [-0.1, -0.05) is 0 Å². The summed E-state index contributed by atoms with van der Waals surface area (Å²) in [5.74, 6) is 0. The van der Waals surface area contributed by atoms with Crippen molar-refractivity contribution >= 4 is 25.8 Å². The molecule has 11 radical (unpaired) electrons. The predicted molar refractivity (Wildman–Crippen MR) is 14.8 cm³/mol. The van der Waals surface area contributed by atoms with Crippen molar-refractivity contribution in [3.05, 3.63) is 7.43 Å². The molecule has 0 N–H and O–H groups in total. The standard InChI is InChI=1S/C.Al.B.Nb.Ti. The predicted octanol–water partition coefficient (Wildman–Crippen LogP) is -0.685. The van der Waals surface area contributed by atoms with E-state index in [1.54, 1.807) is 0 Å². The smallest absolute Gasteiger partial charge is 0 e. The fourth-order valence-corrected chi connectivity index (χ4v) is 0. The second-order valence-corrected chi connectivity index (χ2v) is 0. The monoisotopic (exact) mass is 191 g/mol. The van der Waals surface area contributed by atoms with E-state index < -0.39 is 0 Å². The summed E-state index contributed by atoms with van der Waals surface area (Å²) in [5.41, 5.74) is 0. The van der Waals surface area contributed by atoms with Crippen LogP contribution in [0, 0.1) is 7.43 Å². The quantitative estimate of drug-likeness (QED) is 0.444. The van der Waals surface area contributed by atoms with Gasteiger partial charge in [-0.3, -0.25) is 0 Å². The van der Waals surface area contributed by atoms with E-state index >= 15 is 0 Å². The van der Waals surface area contributed by atoms with Gasteiger partial charge in [-0.15, -0.1) is 0 Å². The third-order valence-electron chi connectivity index (χ3n) is 0. The normalized spacial score (nSPS) is 0. The molecule has 0 amide bonds. The Hall–Kier alpha value is 2.05. The molecule has 0 unspecified atom stereocenters. The number of hydrogen-bond donors (Lipinski definition) is 0. The van der Waals surface area contributed by atoms with Crippen molar-refractivity contribution in [2.75, 3.05) is 0 Å². The Kier molecular flexibility index (Phi) is 450. The summed E-state index contributed by atoms with van der Waals surface area (Å²) in [6.07, 6.45) is 0. The minimum atomic E-state index is 0. The molecule has 0 fully saturated rings. The zero-order valence-corrected chi connectivity index (χ0v) is 7.52. The third kappa shape index (κ3) is 23.6. The molecule has 0 spiro atoms. The van der Waals surface area contributed by atoms with Gasteiger partial charge in [0.1, 0.15) is 0 Å². The van der Waals surface area contributed by atoms with E-state index in [-0.39, 0.29) is 77.3 Å². The number of hydrogen-bond acceptors (Lipinski definition) is 0. The Labute approximate surface area is 76.6 Å². The average Bonchev–Trinajstić information content (AvgIpc) is 0. The van der Waals surface area contributed by atoms with Crippen LogP contribution in [0.2, 0.25) is 0 Å². The first-order chi connectivity index (χ1) is 0. The van der Waals surface area contributed by atoms with E-state index in [1.807, 2.05) is 0 Å². The van der Waals surface area contributed by atoms with E-state index in [1.165, 1.54) is 0 Å². The van der Waals surface area contributed by atoms with Gasteiger partial charge in [-0.25, -0.2) is 0 Å². The first-order valence-electron chi connectivity index (χ1n) is 0. The van der Waals surface area contributed by atoms with Crippen LogP contribution < -0.4 is 0 Å². The molecule has 0 aromatic rings. The molecule has 0 aliphatic carbocycles. The maximum atomic E-state index is 0. The molecule has 0 aliphatic heterocycles. The Morgan fingerprint density at radius 1 is 1.00 bits per heavy atom. The molecule has 0 bridgehead atoms. The molecule has 0 rings (SSSR count). The van der Waals surface area contributed by atoms with Crippen molar-refractivity contribution in [3.63, 3.8) is 0 Å². The summed E-state index contributed by atoms with van der Waals surface area (Å²) in [5, 5.41) is 0. The van der Waals surface area contributed by atoms with Gasteiger partial charge in [-0.2, -0.15) is 0 Å². The SMILES string of the molecule is [Al].[B].[C].[Nb].[Ti]. The zero-order valence-electron chi connectivity index (χ0n) is 2.60. The van der Waals surface area contributed by atoms with E-state index in [0.29, 0.717) is 0 Å². The Morgan fingerprint density at radius 2 is 1.00 bits per heavy atom. The second-order valence-electron chi connectivity index (χ2n) is 0. The number of rotatable bonds is 0. The van der Waals surface area contributed by atoms with Gasteiger partial charge < -0.3 is 0 Å². The van der Waals surface area contributed by atoms with Crippen molar-refractivity contribution in [3.8, 4) is 0 Å². The van der Waals surface area contributed by atoms with Crippen LogP contribution in [0.15, 0.2) is 0 Å². The van der Waals surface area contributed by atoms with E-state index in [0.717, 1.165) is 0 Å². The fraction of sp³-hybridized carbons (Fsp3) is 0. The van der Waals surface area contributed by atoms with Crippen molar-refractivity contribution in [2.45, 2.75) is 0 Å². The van der Waals surface area contributed by atoms with Gasteiger partial charge in [0, 0.05) is 77.3 Å². The molecule has 0 aliphatic rings. The fourth-order valence-electron chi connectivity index (χ4n) is 0. The second kappa shape index (κ2) is 36.7. The van der Waals surface area contributed by atoms with Crippen LogP contribution in [0.3, 0.4) is 0 Å². The average molecular weight is 191 g/mol. The summed E-state index contributed by atoms with van der Waals surface area (Å²) in [6, 6.07) is 0. The van der Waals surface area contributed by atoms with Crippen LogP contribution in [0.4, 0.5) is 0 Å². The summed E-state index contributed by atoms with van der Waals surface area (Å²) < 4.78 is 0. The van der Waals surface area contributed by atoms with E-state index in [2.05, 4.69) is 0 Å². The van der Waals surface area contributed by atoms with Gasteiger partial charge in [0.2, 0.25) is 0 Å². The summed E-state index contributed by atoms with van der Waals surface area (Å²) >= 11 is 0. The topological polar surface area (TPSA) is 0 Å². The molecule has 5 heavy (non-hydrogen) atoms. The molecule has 19 valence electrons. The maximum absolute atomic E-state index is 0. The minimum Gasteiger partial charge on any atom is 0 e. The van der Waals surface area contributed by atoms with Crippen LogP contribution in [0.5, 0.6) is 0 Å². The van der Waals surface area contributed by atoms with Crippen LogP contribution in [0.25, 0.3) is 0 Å². The Morgan fingerprint density at radius 3 is 1.00 bits per heavy atom. The molecule has 0 saturated heterocycles. The maximum Gasteiger partial charge on any atom is 0 e. The third-order valence-corrected chi connectivity index (χ3v) is 0. The molecule has 0 nitrogen and oxygen atoms in total. The largest absolute Gasteiger partial charge is 0 e. The van der Waals surface area contributed by atoms with Crippen molar-refractivity contribution in [1.82, 2.24) is 0 Å². The molecular formula is CAlBNbTi. The molecule has 0 aromatic carbocycles. The molecule has 4 heteroatoms. The van der Waals surface area contributed by atoms with Crippen LogP contribution >= 0.6 is 0 Å². The summed E-state index contributed by atoms with van der Waals surface area (Å²) in [7, 11) is 0. The van der Waals surface area contributed by atoms with Crippen molar-refractivity contribution in [2.24, 2.45) is 0 Å². The van der Waals surface area contributed by atoms with Crippen LogP contribution in [0.1, 0.15) is 0 Å².